The van der Waals surface area contributed by atoms with Gasteiger partial charge in [0.2, 0.25) is 11.8 Å². The molecule has 1 aromatic carbocycles. The van der Waals surface area contributed by atoms with E-state index in [1.165, 1.54) is 12.1 Å². The molecular weight excluding hydrogens is 334 g/mol. The summed E-state index contributed by atoms with van der Waals surface area (Å²) in [6.45, 7) is -0.142. The summed E-state index contributed by atoms with van der Waals surface area (Å²) in [5.41, 5.74) is -0.653. The van der Waals surface area contributed by atoms with Gasteiger partial charge < -0.3 is 15.7 Å². The predicted octanol–water partition coefficient (Wildman–Crippen LogP) is 1.87. The Morgan fingerprint density at radius 2 is 1.96 bits per heavy atom. The minimum absolute atomic E-state index is 0.0445. The van der Waals surface area contributed by atoms with Crippen LogP contribution in [0.25, 0.3) is 0 Å². The van der Waals surface area contributed by atoms with Crippen molar-refractivity contribution in [3.63, 3.8) is 0 Å². The molecule has 1 fully saturated rings. The molecule has 1 saturated heterocycles. The van der Waals surface area contributed by atoms with E-state index in [4.69, 9.17) is 5.11 Å². The van der Waals surface area contributed by atoms with E-state index in [0.29, 0.717) is 19.3 Å². The minimum Gasteiger partial charge on any atom is -0.481 e. The lowest BCUT2D eigenvalue weighted by atomic mass is 9.86. The first-order chi connectivity index (χ1) is 11.8. The van der Waals surface area contributed by atoms with E-state index in [1.807, 2.05) is 0 Å². The van der Waals surface area contributed by atoms with Crippen molar-refractivity contribution >= 4 is 17.8 Å². The van der Waals surface area contributed by atoms with Gasteiger partial charge in [-0.15, -0.1) is 0 Å². The lowest BCUT2D eigenvalue weighted by Gasteiger charge is -2.28. The number of amides is 2. The van der Waals surface area contributed by atoms with Gasteiger partial charge in [0.05, 0.1) is 0 Å². The predicted molar refractivity (Wildman–Crippen MR) is 84.4 cm³/mol. The summed E-state index contributed by atoms with van der Waals surface area (Å²) in [5, 5.41) is 14.1. The number of carboxylic acids is 1. The molecule has 136 valence electrons. The molecular formula is C17H20F2N2O4. The SMILES string of the molecule is O=C(O)CC[C@]1(CCC(=O)NCc2cccc(F)c2F)CCC(=O)N1. The van der Waals surface area contributed by atoms with Crippen molar-refractivity contribution in [2.24, 2.45) is 0 Å². The maximum absolute atomic E-state index is 13.5. The van der Waals surface area contributed by atoms with E-state index in [1.54, 1.807) is 0 Å². The van der Waals surface area contributed by atoms with Crippen LogP contribution in [0, 0.1) is 11.6 Å². The first-order valence-electron chi connectivity index (χ1n) is 8.04. The van der Waals surface area contributed by atoms with E-state index >= 15 is 0 Å². The fourth-order valence-corrected chi connectivity index (χ4v) is 2.94. The van der Waals surface area contributed by atoms with Crippen LogP contribution < -0.4 is 10.6 Å². The fourth-order valence-electron chi connectivity index (χ4n) is 2.94. The summed E-state index contributed by atoms with van der Waals surface area (Å²) >= 11 is 0. The molecule has 0 bridgehead atoms. The number of halogens is 2. The van der Waals surface area contributed by atoms with Crippen molar-refractivity contribution in [3.05, 3.63) is 35.4 Å². The summed E-state index contributed by atoms with van der Waals surface area (Å²) in [6.07, 6.45) is 1.28. The number of carbonyl (C=O) groups is 3. The van der Waals surface area contributed by atoms with Crippen LogP contribution in [0.15, 0.2) is 18.2 Å². The van der Waals surface area contributed by atoms with Gasteiger partial charge in [0.1, 0.15) is 0 Å². The van der Waals surface area contributed by atoms with Gasteiger partial charge in [0.25, 0.3) is 0 Å². The van der Waals surface area contributed by atoms with Crippen LogP contribution >= 0.6 is 0 Å². The van der Waals surface area contributed by atoms with E-state index in [9.17, 15) is 23.2 Å². The van der Waals surface area contributed by atoms with Gasteiger partial charge in [-0.3, -0.25) is 14.4 Å². The number of benzene rings is 1. The molecule has 2 rings (SSSR count). The van der Waals surface area contributed by atoms with Crippen LogP contribution in [-0.2, 0) is 20.9 Å². The van der Waals surface area contributed by atoms with Crippen LogP contribution in [-0.4, -0.2) is 28.4 Å². The van der Waals surface area contributed by atoms with E-state index < -0.39 is 23.1 Å². The minimum atomic E-state index is -0.996. The average molecular weight is 354 g/mol. The molecule has 1 aliphatic heterocycles. The normalized spacial score (nSPS) is 19.5. The first kappa shape index (κ1) is 18.8. The van der Waals surface area contributed by atoms with Gasteiger partial charge in [-0.1, -0.05) is 12.1 Å². The molecule has 0 unspecified atom stereocenters. The number of rotatable bonds is 8. The summed E-state index contributed by atoms with van der Waals surface area (Å²) in [4.78, 5) is 34.2. The molecule has 0 aromatic heterocycles. The highest BCUT2D eigenvalue weighted by atomic mass is 19.2. The number of aliphatic carboxylic acids is 1. The molecule has 6 nitrogen and oxygen atoms in total. The fraction of sp³-hybridized carbons (Fsp3) is 0.471. The van der Waals surface area contributed by atoms with E-state index in [2.05, 4.69) is 10.6 Å². The highest BCUT2D eigenvalue weighted by Gasteiger charge is 2.37. The van der Waals surface area contributed by atoms with Crippen LogP contribution in [0.1, 0.15) is 44.1 Å². The lowest BCUT2D eigenvalue weighted by Crippen LogP contribution is -2.43. The van der Waals surface area contributed by atoms with Gasteiger partial charge in [0.15, 0.2) is 11.6 Å². The summed E-state index contributed by atoms with van der Waals surface area (Å²) in [5.74, 6) is -3.48. The highest BCUT2D eigenvalue weighted by Crippen LogP contribution is 2.30. The molecule has 3 N–H and O–H groups in total. The molecule has 1 heterocycles. The molecule has 0 aliphatic carbocycles. The largest absolute Gasteiger partial charge is 0.481 e. The molecule has 2 amide bonds. The van der Waals surface area contributed by atoms with Crippen molar-refractivity contribution in [2.75, 3.05) is 0 Å². The third-order valence-corrected chi connectivity index (χ3v) is 4.39. The van der Waals surface area contributed by atoms with E-state index in [-0.39, 0.29) is 43.2 Å². The summed E-state index contributed by atoms with van der Waals surface area (Å²) < 4.78 is 26.7. The maximum atomic E-state index is 13.5. The van der Waals surface area contributed by atoms with Crippen LogP contribution in [0.3, 0.4) is 0 Å². The summed E-state index contributed by atoms with van der Waals surface area (Å²) in [6, 6.07) is 3.73. The number of carbonyl (C=O) groups excluding carboxylic acids is 2. The van der Waals surface area contributed by atoms with Crippen LogP contribution in [0.5, 0.6) is 0 Å². The molecule has 0 spiro atoms. The molecule has 1 aliphatic rings. The van der Waals surface area contributed by atoms with Crippen LogP contribution in [0.2, 0.25) is 0 Å². The number of nitrogens with one attached hydrogen (secondary N) is 2. The van der Waals surface area contributed by atoms with Gasteiger partial charge in [-0.25, -0.2) is 8.78 Å². The second-order valence-electron chi connectivity index (χ2n) is 6.21. The van der Waals surface area contributed by atoms with Crippen molar-refractivity contribution in [1.82, 2.24) is 10.6 Å². The molecule has 1 atom stereocenters. The quantitative estimate of drug-likeness (QED) is 0.664. The second kappa shape index (κ2) is 8.04. The zero-order valence-electron chi connectivity index (χ0n) is 13.6. The third-order valence-electron chi connectivity index (χ3n) is 4.39. The third kappa shape index (κ3) is 5.23. The molecule has 0 radical (unpaired) electrons. The Labute approximate surface area is 143 Å². The van der Waals surface area contributed by atoms with Gasteiger partial charge in [-0.2, -0.15) is 0 Å². The zero-order valence-corrected chi connectivity index (χ0v) is 13.6. The Kier molecular flexibility index (Phi) is 6.06. The standard InChI is InChI=1S/C17H20F2N2O4/c18-12-3-1-2-11(16(12)19)10-20-13(22)4-7-17(9-6-15(24)25)8-5-14(23)21-17/h1-3H,4-10H2,(H,20,22)(H,21,23)(H,24,25)/t17-/m0/s1. The Morgan fingerprint density at radius 3 is 2.60 bits per heavy atom. The van der Waals surface area contributed by atoms with Crippen LogP contribution in [0.4, 0.5) is 8.78 Å². The Hall–Kier alpha value is -2.51. The average Bonchev–Trinajstić information content (AvgIpc) is 2.94. The maximum Gasteiger partial charge on any atom is 0.303 e. The zero-order chi connectivity index (χ0) is 18.4. The van der Waals surface area contributed by atoms with E-state index in [0.717, 1.165) is 6.07 Å². The Morgan fingerprint density at radius 1 is 1.24 bits per heavy atom. The molecule has 8 heteroatoms. The van der Waals surface area contributed by atoms with Crippen molar-refractivity contribution in [2.45, 2.75) is 50.6 Å². The number of carboxylic acid groups (broad SMARTS) is 1. The lowest BCUT2D eigenvalue weighted by molar-refractivity contribution is -0.137. The number of hydrogen-bond donors (Lipinski definition) is 3. The van der Waals surface area contributed by atoms with Crippen molar-refractivity contribution in [1.29, 1.82) is 0 Å². The molecule has 0 saturated carbocycles. The Bertz CT molecular complexity index is 681. The topological polar surface area (TPSA) is 95.5 Å². The molecule has 25 heavy (non-hydrogen) atoms. The smallest absolute Gasteiger partial charge is 0.303 e. The first-order valence-corrected chi connectivity index (χ1v) is 8.04. The summed E-state index contributed by atoms with van der Waals surface area (Å²) in [7, 11) is 0. The van der Waals surface area contributed by atoms with Gasteiger partial charge >= 0.3 is 5.97 Å². The van der Waals surface area contributed by atoms with Gasteiger partial charge in [-0.05, 0) is 25.3 Å². The second-order valence-corrected chi connectivity index (χ2v) is 6.21. The highest BCUT2D eigenvalue weighted by molar-refractivity contribution is 5.80. The van der Waals surface area contributed by atoms with Crippen molar-refractivity contribution < 1.29 is 28.3 Å². The Balaban J connectivity index is 1.87. The monoisotopic (exact) mass is 354 g/mol. The van der Waals surface area contributed by atoms with Crippen molar-refractivity contribution in [3.8, 4) is 0 Å². The molecule has 1 aromatic rings. The number of hydrogen-bond acceptors (Lipinski definition) is 3. The van der Waals surface area contributed by atoms with Gasteiger partial charge in [0, 0.05) is 36.9 Å².